The topological polar surface area (TPSA) is 59.1 Å². The number of hydrogen-bond acceptors (Lipinski definition) is 3. The standard InChI is InChI=1S/C14H15FN2O2S/c1-10-6-3-4-7-12(10)11(2)17-20(18,19)14-13(15)8-5-9-16-14/h3-9,11,17H,1-2H3. The first-order chi connectivity index (χ1) is 9.42. The SMILES string of the molecule is Cc1ccccc1C(C)NS(=O)(=O)c1ncccc1F. The van der Waals surface area contributed by atoms with E-state index in [4.69, 9.17) is 0 Å². The van der Waals surface area contributed by atoms with Gasteiger partial charge in [-0.25, -0.2) is 22.5 Å². The average Bonchev–Trinajstić information content (AvgIpc) is 2.38. The molecule has 0 radical (unpaired) electrons. The van der Waals surface area contributed by atoms with Gasteiger partial charge in [0, 0.05) is 12.2 Å². The third-order valence-corrected chi connectivity index (χ3v) is 4.44. The van der Waals surface area contributed by atoms with Crippen molar-refractivity contribution in [2.75, 3.05) is 0 Å². The summed E-state index contributed by atoms with van der Waals surface area (Å²) in [6.07, 6.45) is 1.25. The lowest BCUT2D eigenvalue weighted by Crippen LogP contribution is -2.28. The molecule has 0 amide bonds. The molecule has 0 spiro atoms. The third kappa shape index (κ3) is 3.02. The highest BCUT2D eigenvalue weighted by Gasteiger charge is 2.23. The summed E-state index contributed by atoms with van der Waals surface area (Å²) >= 11 is 0. The molecule has 1 N–H and O–H groups in total. The van der Waals surface area contributed by atoms with E-state index in [1.807, 2.05) is 31.2 Å². The smallest absolute Gasteiger partial charge is 0.241 e. The van der Waals surface area contributed by atoms with Crippen molar-refractivity contribution < 1.29 is 12.8 Å². The summed E-state index contributed by atoms with van der Waals surface area (Å²) in [5, 5.41) is -0.583. The van der Waals surface area contributed by atoms with E-state index in [2.05, 4.69) is 9.71 Å². The minimum atomic E-state index is -3.99. The van der Waals surface area contributed by atoms with Gasteiger partial charge in [0.05, 0.1) is 0 Å². The van der Waals surface area contributed by atoms with E-state index in [1.54, 1.807) is 6.92 Å². The Hall–Kier alpha value is -1.79. The Balaban J connectivity index is 2.30. The monoisotopic (exact) mass is 294 g/mol. The third-order valence-electron chi connectivity index (χ3n) is 2.97. The summed E-state index contributed by atoms with van der Waals surface area (Å²) in [5.41, 5.74) is 1.80. The number of nitrogens with zero attached hydrogens (tertiary/aromatic N) is 1. The van der Waals surface area contributed by atoms with Crippen molar-refractivity contribution in [1.29, 1.82) is 0 Å². The second-order valence-corrected chi connectivity index (χ2v) is 6.12. The van der Waals surface area contributed by atoms with E-state index in [1.165, 1.54) is 12.3 Å². The van der Waals surface area contributed by atoms with Crippen LogP contribution >= 0.6 is 0 Å². The van der Waals surface area contributed by atoms with E-state index in [0.29, 0.717) is 0 Å². The fourth-order valence-corrected chi connectivity index (χ4v) is 3.22. The maximum absolute atomic E-state index is 13.5. The molecule has 0 aliphatic rings. The van der Waals surface area contributed by atoms with Crippen LogP contribution in [0.2, 0.25) is 0 Å². The van der Waals surface area contributed by atoms with Crippen molar-refractivity contribution in [2.24, 2.45) is 0 Å². The summed E-state index contributed by atoms with van der Waals surface area (Å²) < 4.78 is 40.2. The first-order valence-electron chi connectivity index (χ1n) is 6.10. The van der Waals surface area contributed by atoms with Crippen LogP contribution < -0.4 is 4.72 Å². The van der Waals surface area contributed by atoms with Gasteiger partial charge in [-0.15, -0.1) is 0 Å². The Bertz CT molecular complexity index is 717. The van der Waals surface area contributed by atoms with Gasteiger partial charge in [0.2, 0.25) is 5.03 Å². The van der Waals surface area contributed by atoms with Crippen LogP contribution in [0.5, 0.6) is 0 Å². The molecular formula is C14H15FN2O2S. The summed E-state index contributed by atoms with van der Waals surface area (Å²) in [6, 6.07) is 9.37. The van der Waals surface area contributed by atoms with E-state index in [9.17, 15) is 12.8 Å². The number of nitrogens with one attached hydrogen (secondary N) is 1. The second kappa shape index (κ2) is 5.68. The molecule has 1 atom stereocenters. The van der Waals surface area contributed by atoms with Gasteiger partial charge in [-0.3, -0.25) is 0 Å². The molecular weight excluding hydrogens is 279 g/mol. The number of halogens is 1. The summed E-state index contributed by atoms with van der Waals surface area (Å²) in [5.74, 6) is -0.864. The van der Waals surface area contributed by atoms with E-state index in [0.717, 1.165) is 17.2 Å². The summed E-state index contributed by atoms with van der Waals surface area (Å²) in [7, 11) is -3.99. The highest BCUT2D eigenvalue weighted by Crippen LogP contribution is 2.20. The van der Waals surface area contributed by atoms with E-state index < -0.39 is 26.9 Å². The van der Waals surface area contributed by atoms with Crippen molar-refractivity contribution >= 4 is 10.0 Å². The maximum Gasteiger partial charge on any atom is 0.261 e. The van der Waals surface area contributed by atoms with Crippen LogP contribution in [0.25, 0.3) is 0 Å². The number of sulfonamides is 1. The van der Waals surface area contributed by atoms with Gasteiger partial charge in [-0.05, 0) is 37.1 Å². The van der Waals surface area contributed by atoms with Gasteiger partial charge in [0.15, 0.2) is 5.82 Å². The van der Waals surface area contributed by atoms with Crippen LogP contribution in [0.3, 0.4) is 0 Å². The predicted octanol–water partition coefficient (Wildman–Crippen LogP) is 2.57. The molecule has 20 heavy (non-hydrogen) atoms. The quantitative estimate of drug-likeness (QED) is 0.943. The Kier molecular flexibility index (Phi) is 4.15. The number of aromatic nitrogens is 1. The molecule has 4 nitrogen and oxygen atoms in total. The van der Waals surface area contributed by atoms with Crippen molar-refractivity contribution in [3.05, 3.63) is 59.5 Å². The molecule has 0 fully saturated rings. The van der Waals surface area contributed by atoms with Gasteiger partial charge >= 0.3 is 0 Å². The largest absolute Gasteiger partial charge is 0.261 e. The van der Waals surface area contributed by atoms with Crippen molar-refractivity contribution in [3.63, 3.8) is 0 Å². The van der Waals surface area contributed by atoms with Gasteiger partial charge in [-0.1, -0.05) is 24.3 Å². The summed E-state index contributed by atoms with van der Waals surface area (Å²) in [6.45, 7) is 3.60. The molecule has 106 valence electrons. The fraction of sp³-hybridized carbons (Fsp3) is 0.214. The lowest BCUT2D eigenvalue weighted by molar-refractivity contribution is 0.535. The maximum atomic E-state index is 13.5. The Morgan fingerprint density at radius 3 is 2.55 bits per heavy atom. The van der Waals surface area contributed by atoms with Crippen LogP contribution in [-0.2, 0) is 10.0 Å². The van der Waals surface area contributed by atoms with Crippen LogP contribution in [0.1, 0.15) is 24.1 Å². The number of pyridine rings is 1. The molecule has 1 heterocycles. The van der Waals surface area contributed by atoms with Gasteiger partial charge in [-0.2, -0.15) is 0 Å². The molecule has 0 aliphatic carbocycles. The molecule has 0 saturated carbocycles. The zero-order valence-corrected chi connectivity index (χ0v) is 12.0. The molecule has 1 aromatic carbocycles. The normalized spacial score (nSPS) is 13.2. The van der Waals surface area contributed by atoms with Crippen molar-refractivity contribution in [2.45, 2.75) is 24.9 Å². The zero-order chi connectivity index (χ0) is 14.8. The average molecular weight is 294 g/mol. The lowest BCUT2D eigenvalue weighted by atomic mass is 10.0. The first kappa shape index (κ1) is 14.6. The molecule has 2 aromatic rings. The molecule has 0 saturated heterocycles. The first-order valence-corrected chi connectivity index (χ1v) is 7.58. The molecule has 0 aliphatic heterocycles. The van der Waals surface area contributed by atoms with Gasteiger partial charge in [0.25, 0.3) is 10.0 Å². The number of aryl methyl sites for hydroxylation is 1. The highest BCUT2D eigenvalue weighted by molar-refractivity contribution is 7.89. The van der Waals surface area contributed by atoms with Crippen molar-refractivity contribution in [3.8, 4) is 0 Å². The predicted molar refractivity (Wildman–Crippen MR) is 74.1 cm³/mol. The van der Waals surface area contributed by atoms with Crippen LogP contribution in [0, 0.1) is 12.7 Å². The number of benzene rings is 1. The second-order valence-electron chi connectivity index (χ2n) is 4.49. The molecule has 1 aromatic heterocycles. The lowest BCUT2D eigenvalue weighted by Gasteiger charge is -2.16. The van der Waals surface area contributed by atoms with Crippen molar-refractivity contribution in [1.82, 2.24) is 9.71 Å². The zero-order valence-electron chi connectivity index (χ0n) is 11.2. The molecule has 1 unspecified atom stereocenters. The molecule has 2 rings (SSSR count). The Labute approximate surface area is 117 Å². The minimum Gasteiger partial charge on any atom is -0.241 e. The molecule has 0 bridgehead atoms. The van der Waals surface area contributed by atoms with Crippen LogP contribution in [0.4, 0.5) is 4.39 Å². The Morgan fingerprint density at radius 1 is 1.20 bits per heavy atom. The molecule has 6 heteroatoms. The van der Waals surface area contributed by atoms with Gasteiger partial charge in [0.1, 0.15) is 0 Å². The number of hydrogen-bond donors (Lipinski definition) is 1. The minimum absolute atomic E-state index is 0.470. The van der Waals surface area contributed by atoms with Crippen LogP contribution in [-0.4, -0.2) is 13.4 Å². The van der Waals surface area contributed by atoms with Gasteiger partial charge < -0.3 is 0 Å². The Morgan fingerprint density at radius 2 is 1.90 bits per heavy atom. The van der Waals surface area contributed by atoms with Crippen LogP contribution in [0.15, 0.2) is 47.6 Å². The fourth-order valence-electron chi connectivity index (χ4n) is 1.99. The summed E-state index contributed by atoms with van der Waals surface area (Å²) in [4.78, 5) is 3.59. The van der Waals surface area contributed by atoms with E-state index >= 15 is 0 Å². The number of rotatable bonds is 4. The van der Waals surface area contributed by atoms with E-state index in [-0.39, 0.29) is 0 Å². The highest BCUT2D eigenvalue weighted by atomic mass is 32.2.